The molecule has 16 heavy (non-hydrogen) atoms. The van der Waals surface area contributed by atoms with Crippen molar-refractivity contribution in [2.75, 3.05) is 25.6 Å². The van der Waals surface area contributed by atoms with Crippen LogP contribution in [-0.4, -0.2) is 41.4 Å². The normalized spacial score (nSPS) is 10.2. The zero-order valence-electron chi connectivity index (χ0n) is 9.04. The van der Waals surface area contributed by atoms with E-state index < -0.39 is 0 Å². The Morgan fingerprint density at radius 1 is 1.69 bits per heavy atom. The minimum Gasteiger partial charge on any atom is -0.341 e. The highest BCUT2D eigenvalue weighted by Gasteiger charge is 2.15. The molecule has 6 heteroatoms. The predicted molar refractivity (Wildman–Crippen MR) is 72.3 cm³/mol. The molecule has 0 aliphatic heterocycles. The molecule has 0 unspecified atom stereocenters. The van der Waals surface area contributed by atoms with Crippen molar-refractivity contribution in [3.8, 4) is 0 Å². The number of amides is 1. The molecule has 0 aliphatic rings. The van der Waals surface area contributed by atoms with E-state index in [4.69, 9.17) is 11.6 Å². The van der Waals surface area contributed by atoms with Gasteiger partial charge in [0.2, 0.25) is 0 Å². The number of halogens is 2. The Labute approximate surface area is 113 Å². The summed E-state index contributed by atoms with van der Waals surface area (Å²) in [6.07, 6.45) is 3.58. The Balaban J connectivity index is 2.83. The number of carbonyl (C=O) groups excluding carboxylic acids is 1. The molecule has 0 atom stereocenters. The molecule has 3 nitrogen and oxygen atoms in total. The summed E-state index contributed by atoms with van der Waals surface area (Å²) in [4.78, 5) is 17.6. The van der Waals surface area contributed by atoms with Gasteiger partial charge in [0.05, 0.1) is 5.56 Å². The average molecular weight is 324 g/mol. The van der Waals surface area contributed by atoms with Crippen molar-refractivity contribution < 1.29 is 4.79 Å². The Hall–Kier alpha value is -0.260. The van der Waals surface area contributed by atoms with Crippen LogP contribution in [0.25, 0.3) is 0 Å². The fraction of sp³-hybridized carbons (Fsp3) is 0.400. The molecule has 0 radical (unpaired) electrons. The van der Waals surface area contributed by atoms with Crippen LogP contribution in [-0.2, 0) is 0 Å². The fourth-order valence-corrected chi connectivity index (χ4v) is 2.08. The molecular formula is C10H12BrClN2OS. The first-order valence-electron chi connectivity index (χ1n) is 4.61. The minimum atomic E-state index is -0.104. The SMILES string of the molecule is CSCCN(C)C(=O)c1cc(Br)cnc1Cl. The summed E-state index contributed by atoms with van der Waals surface area (Å²) in [5.74, 6) is 0.800. The lowest BCUT2D eigenvalue weighted by atomic mass is 10.2. The number of thioether (sulfide) groups is 1. The van der Waals surface area contributed by atoms with Gasteiger partial charge in [0.25, 0.3) is 5.91 Å². The van der Waals surface area contributed by atoms with Gasteiger partial charge in [-0.15, -0.1) is 0 Å². The van der Waals surface area contributed by atoms with Gasteiger partial charge in [-0.25, -0.2) is 4.98 Å². The molecule has 0 aliphatic carbocycles. The van der Waals surface area contributed by atoms with Crippen LogP contribution in [0.1, 0.15) is 10.4 Å². The van der Waals surface area contributed by atoms with E-state index in [-0.39, 0.29) is 11.1 Å². The number of nitrogens with zero attached hydrogens (tertiary/aromatic N) is 2. The summed E-state index contributed by atoms with van der Waals surface area (Å²) in [5.41, 5.74) is 0.430. The van der Waals surface area contributed by atoms with Crippen LogP contribution < -0.4 is 0 Å². The van der Waals surface area contributed by atoms with E-state index in [0.717, 1.165) is 10.2 Å². The maximum atomic E-state index is 12.0. The summed E-state index contributed by atoms with van der Waals surface area (Å²) < 4.78 is 0.749. The number of rotatable bonds is 4. The number of hydrogen-bond acceptors (Lipinski definition) is 3. The van der Waals surface area contributed by atoms with Crippen LogP contribution in [0.15, 0.2) is 16.7 Å². The molecule has 1 aromatic heterocycles. The minimum absolute atomic E-state index is 0.104. The monoisotopic (exact) mass is 322 g/mol. The maximum absolute atomic E-state index is 12.0. The molecule has 88 valence electrons. The van der Waals surface area contributed by atoms with Crippen LogP contribution in [0.3, 0.4) is 0 Å². The summed E-state index contributed by atoms with van der Waals surface area (Å²) in [6.45, 7) is 0.697. The van der Waals surface area contributed by atoms with Crippen LogP contribution in [0.5, 0.6) is 0 Å². The van der Waals surface area contributed by atoms with E-state index >= 15 is 0 Å². The smallest absolute Gasteiger partial charge is 0.256 e. The Morgan fingerprint density at radius 3 is 3.00 bits per heavy atom. The van der Waals surface area contributed by atoms with Crippen LogP contribution in [0.2, 0.25) is 5.15 Å². The number of aromatic nitrogens is 1. The summed E-state index contributed by atoms with van der Waals surface area (Å²) in [5, 5.41) is 0.240. The Morgan fingerprint density at radius 2 is 2.38 bits per heavy atom. The third kappa shape index (κ3) is 3.64. The molecule has 0 aromatic carbocycles. The van der Waals surface area contributed by atoms with Gasteiger partial charge < -0.3 is 4.90 Å². The highest BCUT2D eigenvalue weighted by molar-refractivity contribution is 9.10. The van der Waals surface area contributed by atoms with Gasteiger partial charge >= 0.3 is 0 Å². The van der Waals surface area contributed by atoms with Gasteiger partial charge in [0.1, 0.15) is 5.15 Å². The van der Waals surface area contributed by atoms with E-state index in [1.54, 1.807) is 36.0 Å². The first kappa shape index (κ1) is 13.8. The van der Waals surface area contributed by atoms with E-state index in [0.29, 0.717) is 12.1 Å². The van der Waals surface area contributed by atoms with Gasteiger partial charge in [-0.05, 0) is 28.3 Å². The second-order valence-corrected chi connectivity index (χ2v) is 5.47. The summed E-state index contributed by atoms with van der Waals surface area (Å²) in [7, 11) is 1.76. The predicted octanol–water partition coefficient (Wildman–Crippen LogP) is 2.93. The highest BCUT2D eigenvalue weighted by atomic mass is 79.9. The highest BCUT2D eigenvalue weighted by Crippen LogP contribution is 2.19. The van der Waals surface area contributed by atoms with Gasteiger partial charge in [-0.1, -0.05) is 11.6 Å². The Bertz CT molecular complexity index is 389. The molecule has 1 rings (SSSR count). The summed E-state index contributed by atoms with van der Waals surface area (Å²) >= 11 is 10.9. The van der Waals surface area contributed by atoms with E-state index in [1.165, 1.54) is 0 Å². The van der Waals surface area contributed by atoms with Gasteiger partial charge in [0.15, 0.2) is 0 Å². The molecule has 0 N–H and O–H groups in total. The van der Waals surface area contributed by atoms with Gasteiger partial charge in [-0.2, -0.15) is 11.8 Å². The average Bonchev–Trinajstić information content (AvgIpc) is 2.28. The molecule has 1 heterocycles. The summed E-state index contributed by atoms with van der Waals surface area (Å²) in [6, 6.07) is 1.69. The number of pyridine rings is 1. The standard InChI is InChI=1S/C10H12BrClN2OS/c1-14(3-4-16-2)10(15)8-5-7(11)6-13-9(8)12/h5-6H,3-4H2,1-2H3. The third-order valence-electron chi connectivity index (χ3n) is 2.01. The lowest BCUT2D eigenvalue weighted by Crippen LogP contribution is -2.29. The molecule has 1 amide bonds. The molecular weight excluding hydrogens is 312 g/mol. The van der Waals surface area contributed by atoms with Gasteiger partial charge in [-0.3, -0.25) is 4.79 Å². The van der Waals surface area contributed by atoms with Crippen LogP contribution in [0.4, 0.5) is 0 Å². The largest absolute Gasteiger partial charge is 0.341 e. The molecule has 0 spiro atoms. The van der Waals surface area contributed by atoms with Crippen LogP contribution in [0, 0.1) is 0 Å². The molecule has 0 saturated carbocycles. The van der Waals surface area contributed by atoms with Crippen molar-refractivity contribution in [1.29, 1.82) is 0 Å². The second kappa shape index (κ2) is 6.47. The van der Waals surface area contributed by atoms with E-state index in [9.17, 15) is 4.79 Å². The van der Waals surface area contributed by atoms with Crippen molar-refractivity contribution in [3.63, 3.8) is 0 Å². The lowest BCUT2D eigenvalue weighted by Gasteiger charge is -2.16. The van der Waals surface area contributed by atoms with Crippen molar-refractivity contribution in [2.24, 2.45) is 0 Å². The van der Waals surface area contributed by atoms with Crippen molar-refractivity contribution >= 4 is 45.2 Å². The van der Waals surface area contributed by atoms with Crippen molar-refractivity contribution in [2.45, 2.75) is 0 Å². The third-order valence-corrected chi connectivity index (χ3v) is 3.34. The fourth-order valence-electron chi connectivity index (χ4n) is 1.11. The first-order valence-corrected chi connectivity index (χ1v) is 7.18. The maximum Gasteiger partial charge on any atom is 0.256 e. The van der Waals surface area contributed by atoms with E-state index in [1.807, 2.05) is 6.26 Å². The molecule has 0 saturated heterocycles. The zero-order valence-corrected chi connectivity index (χ0v) is 12.2. The first-order chi connectivity index (χ1) is 7.56. The lowest BCUT2D eigenvalue weighted by molar-refractivity contribution is 0.0803. The van der Waals surface area contributed by atoms with Crippen molar-refractivity contribution in [3.05, 3.63) is 27.5 Å². The number of carbonyl (C=O) groups is 1. The van der Waals surface area contributed by atoms with Crippen molar-refractivity contribution in [1.82, 2.24) is 9.88 Å². The molecule has 0 bridgehead atoms. The topological polar surface area (TPSA) is 33.2 Å². The quantitative estimate of drug-likeness (QED) is 0.799. The second-order valence-electron chi connectivity index (χ2n) is 3.21. The van der Waals surface area contributed by atoms with Gasteiger partial charge in [0, 0.05) is 30.0 Å². The zero-order chi connectivity index (χ0) is 12.1. The van der Waals surface area contributed by atoms with E-state index in [2.05, 4.69) is 20.9 Å². The Kier molecular flexibility index (Phi) is 5.58. The number of hydrogen-bond donors (Lipinski definition) is 0. The molecule has 1 aromatic rings. The van der Waals surface area contributed by atoms with Crippen LogP contribution >= 0.6 is 39.3 Å². The molecule has 0 fully saturated rings.